The first-order chi connectivity index (χ1) is 12.5. The molecule has 0 unspecified atom stereocenters. The normalized spacial score (nSPS) is 11.0. The van der Waals surface area contributed by atoms with Gasteiger partial charge in [0.15, 0.2) is 10.7 Å². The van der Waals surface area contributed by atoms with Crippen LogP contribution in [0.5, 0.6) is 0 Å². The van der Waals surface area contributed by atoms with Crippen LogP contribution in [0.15, 0.2) is 51.0 Å². The zero-order valence-electron chi connectivity index (χ0n) is 12.9. The van der Waals surface area contributed by atoms with Gasteiger partial charge in [0.25, 0.3) is 5.91 Å². The third-order valence-electron chi connectivity index (χ3n) is 3.63. The van der Waals surface area contributed by atoms with Gasteiger partial charge in [0.05, 0.1) is 21.8 Å². The lowest BCUT2D eigenvalue weighted by Crippen LogP contribution is -2.14. The van der Waals surface area contributed by atoms with Gasteiger partial charge < -0.3 is 4.42 Å². The minimum atomic E-state index is -0.709. The van der Waals surface area contributed by atoms with E-state index in [9.17, 15) is 14.0 Å². The fourth-order valence-electron chi connectivity index (χ4n) is 2.44. The first kappa shape index (κ1) is 16.5. The SMILES string of the molecule is O=C(Nc1nc(-c2ccc3[nH]c(=O)oc3c2)cs1)c1c(F)cccc1Cl. The number of nitrogens with zero attached hydrogens (tertiary/aromatic N) is 1. The van der Waals surface area contributed by atoms with Gasteiger partial charge in [-0.1, -0.05) is 23.7 Å². The van der Waals surface area contributed by atoms with Gasteiger partial charge in [-0.05, 0) is 24.3 Å². The number of carbonyl (C=O) groups excluding carboxylic acids is 1. The number of halogens is 2. The van der Waals surface area contributed by atoms with Crippen molar-refractivity contribution in [1.82, 2.24) is 9.97 Å². The highest BCUT2D eigenvalue weighted by Gasteiger charge is 2.17. The smallest absolute Gasteiger partial charge is 0.408 e. The van der Waals surface area contributed by atoms with Crippen molar-refractivity contribution in [3.63, 3.8) is 0 Å². The van der Waals surface area contributed by atoms with Crippen LogP contribution in [-0.4, -0.2) is 15.9 Å². The van der Waals surface area contributed by atoms with Gasteiger partial charge in [0.1, 0.15) is 5.82 Å². The molecule has 0 atom stereocenters. The summed E-state index contributed by atoms with van der Waals surface area (Å²) in [5.41, 5.74) is 2.04. The Labute approximate surface area is 154 Å². The third kappa shape index (κ3) is 3.00. The Hall–Kier alpha value is -2.97. The van der Waals surface area contributed by atoms with Crippen LogP contribution in [0.2, 0.25) is 5.02 Å². The van der Waals surface area contributed by atoms with Crippen molar-refractivity contribution in [2.24, 2.45) is 0 Å². The number of aromatic amines is 1. The molecule has 26 heavy (non-hydrogen) atoms. The second kappa shape index (κ2) is 6.40. The maximum absolute atomic E-state index is 13.8. The van der Waals surface area contributed by atoms with Gasteiger partial charge in [0, 0.05) is 10.9 Å². The third-order valence-corrected chi connectivity index (χ3v) is 4.70. The van der Waals surface area contributed by atoms with Crippen molar-refractivity contribution in [2.75, 3.05) is 5.32 Å². The lowest BCUT2D eigenvalue weighted by atomic mass is 10.1. The maximum Gasteiger partial charge on any atom is 0.417 e. The highest BCUT2D eigenvalue weighted by atomic mass is 35.5. The highest BCUT2D eigenvalue weighted by molar-refractivity contribution is 7.14. The Bertz CT molecular complexity index is 1180. The van der Waals surface area contributed by atoms with Crippen LogP contribution in [0, 0.1) is 5.82 Å². The Balaban J connectivity index is 1.61. The largest absolute Gasteiger partial charge is 0.417 e. The van der Waals surface area contributed by atoms with Crippen LogP contribution in [-0.2, 0) is 0 Å². The number of rotatable bonds is 3. The molecule has 0 saturated carbocycles. The number of H-pyrrole nitrogens is 1. The molecular formula is C17H9ClFN3O3S. The van der Waals surface area contributed by atoms with Gasteiger partial charge in [-0.25, -0.2) is 14.2 Å². The number of fused-ring (bicyclic) bond motifs is 1. The van der Waals surface area contributed by atoms with Crippen LogP contribution in [0.3, 0.4) is 0 Å². The molecule has 4 aromatic rings. The Morgan fingerprint density at radius 3 is 2.96 bits per heavy atom. The predicted octanol–water partition coefficient (Wildman–Crippen LogP) is 4.29. The van der Waals surface area contributed by atoms with Gasteiger partial charge in [-0.3, -0.25) is 15.1 Å². The molecule has 0 aliphatic heterocycles. The van der Waals surface area contributed by atoms with E-state index in [4.69, 9.17) is 16.0 Å². The molecule has 9 heteroatoms. The van der Waals surface area contributed by atoms with Gasteiger partial charge in [-0.15, -0.1) is 11.3 Å². The number of carbonyl (C=O) groups is 1. The molecule has 0 aliphatic carbocycles. The van der Waals surface area contributed by atoms with Crippen LogP contribution in [0.25, 0.3) is 22.4 Å². The summed E-state index contributed by atoms with van der Waals surface area (Å²) in [5, 5.41) is 4.57. The van der Waals surface area contributed by atoms with Crippen molar-refractivity contribution >= 4 is 45.1 Å². The van der Waals surface area contributed by atoms with E-state index in [1.54, 1.807) is 23.6 Å². The van der Waals surface area contributed by atoms with Crippen molar-refractivity contribution in [3.05, 3.63) is 68.7 Å². The van der Waals surface area contributed by atoms with Gasteiger partial charge in [-0.2, -0.15) is 0 Å². The number of thiazole rings is 1. The van der Waals surface area contributed by atoms with Crippen LogP contribution in [0.4, 0.5) is 9.52 Å². The van der Waals surface area contributed by atoms with E-state index in [0.29, 0.717) is 27.5 Å². The zero-order valence-corrected chi connectivity index (χ0v) is 14.5. The van der Waals surface area contributed by atoms with Crippen molar-refractivity contribution in [2.45, 2.75) is 0 Å². The summed E-state index contributed by atoms with van der Waals surface area (Å²) in [6, 6.07) is 9.15. The summed E-state index contributed by atoms with van der Waals surface area (Å²) in [7, 11) is 0. The van der Waals surface area contributed by atoms with Crippen molar-refractivity contribution < 1.29 is 13.6 Å². The van der Waals surface area contributed by atoms with Crippen molar-refractivity contribution in [3.8, 4) is 11.3 Å². The number of benzene rings is 2. The maximum atomic E-state index is 13.8. The van der Waals surface area contributed by atoms with E-state index in [0.717, 1.165) is 6.07 Å². The average Bonchev–Trinajstić information content (AvgIpc) is 3.19. The minimum absolute atomic E-state index is 0.0206. The van der Waals surface area contributed by atoms with Gasteiger partial charge in [0.2, 0.25) is 0 Å². The summed E-state index contributed by atoms with van der Waals surface area (Å²) < 4.78 is 18.8. The molecule has 0 saturated heterocycles. The van der Waals surface area contributed by atoms with Crippen LogP contribution >= 0.6 is 22.9 Å². The molecule has 1 amide bonds. The number of hydrogen-bond donors (Lipinski definition) is 2. The van der Waals surface area contributed by atoms with E-state index in [2.05, 4.69) is 15.3 Å². The van der Waals surface area contributed by atoms with E-state index in [1.165, 1.54) is 23.5 Å². The topological polar surface area (TPSA) is 88.0 Å². The van der Waals surface area contributed by atoms with Crippen molar-refractivity contribution in [1.29, 1.82) is 0 Å². The lowest BCUT2D eigenvalue weighted by Gasteiger charge is -2.05. The summed E-state index contributed by atoms with van der Waals surface area (Å²) in [4.78, 5) is 30.3. The quantitative estimate of drug-likeness (QED) is 0.547. The molecule has 0 spiro atoms. The zero-order chi connectivity index (χ0) is 18.3. The summed E-state index contributed by atoms with van der Waals surface area (Å²) >= 11 is 7.07. The average molecular weight is 390 g/mol. The molecule has 2 aromatic heterocycles. The first-order valence-electron chi connectivity index (χ1n) is 7.35. The summed E-state index contributed by atoms with van der Waals surface area (Å²) in [6.07, 6.45) is 0. The van der Waals surface area contributed by atoms with Crippen LogP contribution < -0.4 is 11.1 Å². The number of nitrogens with one attached hydrogen (secondary N) is 2. The molecule has 0 fully saturated rings. The van der Waals surface area contributed by atoms with E-state index >= 15 is 0 Å². The standard InChI is InChI=1S/C17H9ClFN3O3S/c18-9-2-1-3-10(19)14(9)15(23)22-16-20-12(7-26-16)8-4-5-11-13(6-8)25-17(24)21-11/h1-7H,(H,21,24)(H,20,22,23). The van der Waals surface area contributed by atoms with Crippen LogP contribution in [0.1, 0.15) is 10.4 Å². The first-order valence-corrected chi connectivity index (χ1v) is 8.61. The molecule has 130 valence electrons. The number of hydrogen-bond acceptors (Lipinski definition) is 5. The second-order valence-electron chi connectivity index (χ2n) is 5.31. The van der Waals surface area contributed by atoms with E-state index in [-0.39, 0.29) is 10.6 Å². The molecule has 0 aliphatic rings. The van der Waals surface area contributed by atoms with Gasteiger partial charge >= 0.3 is 5.76 Å². The van der Waals surface area contributed by atoms with E-state index < -0.39 is 17.5 Å². The Kier molecular flexibility index (Phi) is 4.06. The molecule has 2 heterocycles. The molecular weight excluding hydrogens is 381 g/mol. The molecule has 6 nitrogen and oxygen atoms in total. The molecule has 4 rings (SSSR count). The fourth-order valence-corrected chi connectivity index (χ4v) is 3.41. The monoisotopic (exact) mass is 389 g/mol. The lowest BCUT2D eigenvalue weighted by molar-refractivity contribution is 0.102. The predicted molar refractivity (Wildman–Crippen MR) is 97.3 cm³/mol. The number of anilines is 1. The summed E-state index contributed by atoms with van der Waals surface area (Å²) in [5.74, 6) is -1.93. The highest BCUT2D eigenvalue weighted by Crippen LogP contribution is 2.28. The Morgan fingerprint density at radius 2 is 2.15 bits per heavy atom. The number of amides is 1. The molecule has 0 bridgehead atoms. The molecule has 2 N–H and O–H groups in total. The molecule has 2 aromatic carbocycles. The summed E-state index contributed by atoms with van der Waals surface area (Å²) in [6.45, 7) is 0. The second-order valence-corrected chi connectivity index (χ2v) is 6.58. The fraction of sp³-hybridized carbons (Fsp3) is 0. The number of oxazole rings is 1. The molecule has 0 radical (unpaired) electrons. The number of aromatic nitrogens is 2. The minimum Gasteiger partial charge on any atom is -0.408 e. The Morgan fingerprint density at radius 1 is 1.31 bits per heavy atom. The van der Waals surface area contributed by atoms with E-state index in [1.807, 2.05) is 0 Å².